The van der Waals surface area contributed by atoms with Gasteiger partial charge >= 0.3 is 5.97 Å². The first-order valence-corrected chi connectivity index (χ1v) is 7.28. The fraction of sp³-hybridized carbons (Fsp3) is 0.500. The van der Waals surface area contributed by atoms with Crippen LogP contribution in [0.2, 0.25) is 0 Å². The van der Waals surface area contributed by atoms with E-state index in [-0.39, 0.29) is 17.3 Å². The molecule has 2 saturated carbocycles. The van der Waals surface area contributed by atoms with Gasteiger partial charge in [0.25, 0.3) is 0 Å². The lowest BCUT2D eigenvalue weighted by Crippen LogP contribution is -2.55. The third-order valence-electron chi connectivity index (χ3n) is 4.57. The molecular formula is C16H18FNO3. The molecule has 2 aliphatic carbocycles. The quantitative estimate of drug-likeness (QED) is 0.873. The molecule has 21 heavy (non-hydrogen) atoms. The van der Waals surface area contributed by atoms with Gasteiger partial charge in [-0.1, -0.05) is 12.1 Å². The summed E-state index contributed by atoms with van der Waals surface area (Å²) in [5.74, 6) is -2.27. The van der Waals surface area contributed by atoms with Crippen molar-refractivity contribution in [3.63, 3.8) is 0 Å². The number of nitrogens with one attached hydrogen (secondary N) is 1. The zero-order chi connectivity index (χ0) is 15.0. The van der Waals surface area contributed by atoms with Crippen LogP contribution in [0, 0.1) is 17.7 Å². The van der Waals surface area contributed by atoms with Crippen molar-refractivity contribution < 1.29 is 19.1 Å². The number of hydrogen-bond donors (Lipinski definition) is 2. The van der Waals surface area contributed by atoms with E-state index in [1.54, 1.807) is 6.07 Å². The van der Waals surface area contributed by atoms with Gasteiger partial charge in [-0.2, -0.15) is 0 Å². The van der Waals surface area contributed by atoms with Crippen molar-refractivity contribution in [1.82, 2.24) is 5.32 Å². The van der Waals surface area contributed by atoms with Crippen LogP contribution in [0.1, 0.15) is 31.2 Å². The predicted molar refractivity (Wildman–Crippen MR) is 74.1 cm³/mol. The molecule has 1 amide bonds. The van der Waals surface area contributed by atoms with Crippen LogP contribution in [-0.4, -0.2) is 22.5 Å². The molecule has 0 aliphatic heterocycles. The molecule has 3 rings (SSSR count). The van der Waals surface area contributed by atoms with E-state index in [4.69, 9.17) is 5.11 Å². The largest absolute Gasteiger partial charge is 0.481 e. The number of carboxylic acids is 1. The second kappa shape index (κ2) is 5.13. The molecule has 5 heteroatoms. The van der Waals surface area contributed by atoms with Gasteiger partial charge < -0.3 is 10.4 Å². The van der Waals surface area contributed by atoms with Crippen molar-refractivity contribution in [1.29, 1.82) is 0 Å². The summed E-state index contributed by atoms with van der Waals surface area (Å²) in [4.78, 5) is 23.0. The zero-order valence-corrected chi connectivity index (χ0v) is 11.6. The third-order valence-corrected chi connectivity index (χ3v) is 4.57. The average molecular weight is 291 g/mol. The zero-order valence-electron chi connectivity index (χ0n) is 11.6. The van der Waals surface area contributed by atoms with Gasteiger partial charge in [0.1, 0.15) is 5.82 Å². The minimum atomic E-state index is -0.900. The molecule has 2 unspecified atom stereocenters. The number of amides is 1. The number of halogens is 1. The van der Waals surface area contributed by atoms with E-state index in [0.29, 0.717) is 12.8 Å². The van der Waals surface area contributed by atoms with Crippen molar-refractivity contribution in [2.45, 2.75) is 37.6 Å². The molecule has 0 radical (unpaired) electrons. The highest BCUT2D eigenvalue weighted by Gasteiger charge is 2.50. The number of carbonyl (C=O) groups is 2. The number of carbonyl (C=O) groups excluding carboxylic acids is 1. The summed E-state index contributed by atoms with van der Waals surface area (Å²) in [7, 11) is 0. The lowest BCUT2D eigenvalue weighted by atomic mass is 9.72. The smallest absolute Gasteiger partial charge is 0.307 e. The Kier molecular flexibility index (Phi) is 3.43. The van der Waals surface area contributed by atoms with Crippen LogP contribution in [0.25, 0.3) is 0 Å². The maximum absolute atomic E-state index is 13.3. The van der Waals surface area contributed by atoms with Gasteiger partial charge in [0.15, 0.2) is 0 Å². The SMILES string of the molecule is O=C(O)C1CC1C(=O)NC1(Cc2cccc(F)c2)CCC1. The molecule has 0 bridgehead atoms. The van der Waals surface area contributed by atoms with Crippen molar-refractivity contribution in [3.05, 3.63) is 35.6 Å². The van der Waals surface area contributed by atoms with Crippen molar-refractivity contribution in [2.24, 2.45) is 11.8 Å². The topological polar surface area (TPSA) is 66.4 Å². The van der Waals surface area contributed by atoms with E-state index in [1.807, 2.05) is 6.07 Å². The lowest BCUT2D eigenvalue weighted by molar-refractivity contribution is -0.140. The fourth-order valence-electron chi connectivity index (χ4n) is 3.10. The summed E-state index contributed by atoms with van der Waals surface area (Å²) in [6.45, 7) is 0. The molecule has 2 fully saturated rings. The minimum absolute atomic E-state index is 0.168. The van der Waals surface area contributed by atoms with Crippen LogP contribution in [0.5, 0.6) is 0 Å². The first-order chi connectivity index (χ1) is 9.99. The van der Waals surface area contributed by atoms with Crippen LogP contribution >= 0.6 is 0 Å². The monoisotopic (exact) mass is 291 g/mol. The van der Waals surface area contributed by atoms with Crippen LogP contribution in [0.4, 0.5) is 4.39 Å². The summed E-state index contributed by atoms with van der Waals surface area (Å²) in [6, 6.07) is 6.41. The Morgan fingerprint density at radius 2 is 2.10 bits per heavy atom. The highest BCUT2D eigenvalue weighted by atomic mass is 19.1. The summed E-state index contributed by atoms with van der Waals surface area (Å²) >= 11 is 0. The van der Waals surface area contributed by atoms with Crippen molar-refractivity contribution >= 4 is 11.9 Å². The number of hydrogen-bond acceptors (Lipinski definition) is 2. The summed E-state index contributed by atoms with van der Waals surface area (Å²) in [5, 5.41) is 11.9. The van der Waals surface area contributed by atoms with E-state index < -0.39 is 17.8 Å². The van der Waals surface area contributed by atoms with Gasteiger partial charge in [0.05, 0.1) is 11.8 Å². The summed E-state index contributed by atoms with van der Waals surface area (Å²) < 4.78 is 13.3. The summed E-state index contributed by atoms with van der Waals surface area (Å²) in [6.07, 6.45) is 3.78. The fourth-order valence-corrected chi connectivity index (χ4v) is 3.10. The summed E-state index contributed by atoms with van der Waals surface area (Å²) in [5.41, 5.74) is 0.539. The van der Waals surface area contributed by atoms with Crippen LogP contribution < -0.4 is 5.32 Å². The Bertz CT molecular complexity index is 583. The highest BCUT2D eigenvalue weighted by Crippen LogP contribution is 2.41. The second-order valence-corrected chi connectivity index (χ2v) is 6.22. The standard InChI is InChI=1S/C16H18FNO3/c17-11-4-1-3-10(7-11)9-16(5-2-6-16)18-14(19)12-8-13(12)15(20)21/h1,3-4,7,12-13H,2,5-6,8-9H2,(H,18,19)(H,20,21). The lowest BCUT2D eigenvalue weighted by Gasteiger charge is -2.43. The molecule has 0 heterocycles. The Hall–Kier alpha value is -1.91. The molecule has 2 aliphatic rings. The van der Waals surface area contributed by atoms with Crippen LogP contribution in [0.15, 0.2) is 24.3 Å². The van der Waals surface area contributed by atoms with Gasteiger partial charge in [-0.15, -0.1) is 0 Å². The molecule has 1 aromatic carbocycles. The van der Waals surface area contributed by atoms with Gasteiger partial charge in [0.2, 0.25) is 5.91 Å². The average Bonchev–Trinajstić information content (AvgIpc) is 3.16. The Morgan fingerprint density at radius 3 is 2.62 bits per heavy atom. The Labute approximate surface area is 122 Å². The molecule has 2 N–H and O–H groups in total. The van der Waals surface area contributed by atoms with E-state index in [9.17, 15) is 14.0 Å². The van der Waals surface area contributed by atoms with Gasteiger partial charge in [0, 0.05) is 5.54 Å². The predicted octanol–water partition coefficient (Wildman–Crippen LogP) is 2.13. The molecular weight excluding hydrogens is 273 g/mol. The highest BCUT2D eigenvalue weighted by molar-refractivity contribution is 5.89. The van der Waals surface area contributed by atoms with E-state index in [0.717, 1.165) is 24.8 Å². The Balaban J connectivity index is 1.64. The van der Waals surface area contributed by atoms with Crippen LogP contribution in [-0.2, 0) is 16.0 Å². The number of aliphatic carboxylic acids is 1. The molecule has 0 saturated heterocycles. The van der Waals surface area contributed by atoms with E-state index in [2.05, 4.69) is 5.32 Å². The van der Waals surface area contributed by atoms with E-state index >= 15 is 0 Å². The van der Waals surface area contributed by atoms with Gasteiger partial charge in [-0.05, 0) is 49.8 Å². The van der Waals surface area contributed by atoms with Crippen molar-refractivity contribution in [3.8, 4) is 0 Å². The first kappa shape index (κ1) is 14.0. The molecule has 4 nitrogen and oxygen atoms in total. The molecule has 0 spiro atoms. The molecule has 112 valence electrons. The molecule has 1 aromatic rings. The number of rotatable bonds is 5. The van der Waals surface area contributed by atoms with Crippen LogP contribution in [0.3, 0.4) is 0 Å². The Morgan fingerprint density at radius 1 is 1.33 bits per heavy atom. The second-order valence-electron chi connectivity index (χ2n) is 6.22. The van der Waals surface area contributed by atoms with Gasteiger partial charge in [-0.3, -0.25) is 9.59 Å². The minimum Gasteiger partial charge on any atom is -0.481 e. The third kappa shape index (κ3) is 2.91. The van der Waals surface area contributed by atoms with Crippen molar-refractivity contribution in [2.75, 3.05) is 0 Å². The molecule has 0 aromatic heterocycles. The molecule has 2 atom stereocenters. The maximum atomic E-state index is 13.3. The number of benzene rings is 1. The normalized spacial score (nSPS) is 25.8. The maximum Gasteiger partial charge on any atom is 0.307 e. The van der Waals surface area contributed by atoms with Gasteiger partial charge in [-0.25, -0.2) is 4.39 Å². The first-order valence-electron chi connectivity index (χ1n) is 7.28. The van der Waals surface area contributed by atoms with E-state index in [1.165, 1.54) is 12.1 Å². The number of carboxylic acid groups (broad SMARTS) is 1.